The van der Waals surface area contributed by atoms with Gasteiger partial charge in [0.15, 0.2) is 11.2 Å². The lowest BCUT2D eigenvalue weighted by atomic mass is 10.1. The summed E-state index contributed by atoms with van der Waals surface area (Å²) >= 11 is 0. The minimum Gasteiger partial charge on any atom is -0.437 e. The van der Waals surface area contributed by atoms with Crippen molar-refractivity contribution in [1.82, 2.24) is 9.55 Å². The Balaban J connectivity index is 1.99. The third kappa shape index (κ3) is 2.73. The molecule has 0 bridgehead atoms. The van der Waals surface area contributed by atoms with Gasteiger partial charge < -0.3 is 4.42 Å². The van der Waals surface area contributed by atoms with Crippen molar-refractivity contribution in [3.63, 3.8) is 0 Å². The van der Waals surface area contributed by atoms with Crippen LogP contribution in [0.5, 0.6) is 0 Å². The van der Waals surface area contributed by atoms with Crippen LogP contribution >= 0.6 is 0 Å². The van der Waals surface area contributed by atoms with E-state index < -0.39 is 16.8 Å². The van der Waals surface area contributed by atoms with E-state index in [2.05, 4.69) is 4.98 Å². The van der Waals surface area contributed by atoms with Crippen LogP contribution in [0.4, 0.5) is 4.39 Å². The molecule has 0 saturated heterocycles. The zero-order valence-corrected chi connectivity index (χ0v) is 15.9. The molecule has 146 valence electrons. The fraction of sp³-hybridized carbons (Fsp3) is 0.0417. The molecule has 5 nitrogen and oxygen atoms in total. The second kappa shape index (κ2) is 6.77. The van der Waals surface area contributed by atoms with E-state index >= 15 is 0 Å². The lowest BCUT2D eigenvalue weighted by molar-refractivity contribution is 0.625. The Morgan fingerprint density at radius 1 is 0.900 bits per heavy atom. The first-order chi connectivity index (χ1) is 14.5. The Morgan fingerprint density at radius 2 is 1.60 bits per heavy atom. The van der Waals surface area contributed by atoms with Crippen LogP contribution in [0.25, 0.3) is 39.1 Å². The molecular formula is C24H15FN2O3. The second-order valence-corrected chi connectivity index (χ2v) is 7.00. The van der Waals surface area contributed by atoms with Gasteiger partial charge in [0.05, 0.1) is 16.6 Å². The van der Waals surface area contributed by atoms with Crippen LogP contribution < -0.4 is 11.0 Å². The van der Waals surface area contributed by atoms with Gasteiger partial charge in [0.2, 0.25) is 11.1 Å². The highest BCUT2D eigenvalue weighted by Gasteiger charge is 2.21. The first-order valence-corrected chi connectivity index (χ1v) is 9.35. The van der Waals surface area contributed by atoms with Crippen molar-refractivity contribution >= 4 is 22.1 Å². The van der Waals surface area contributed by atoms with Gasteiger partial charge in [0.25, 0.3) is 5.56 Å². The van der Waals surface area contributed by atoms with Gasteiger partial charge in [-0.3, -0.25) is 14.2 Å². The van der Waals surface area contributed by atoms with Crippen molar-refractivity contribution in [3.05, 3.63) is 105 Å². The molecule has 3 aromatic carbocycles. The third-order valence-electron chi connectivity index (χ3n) is 5.02. The lowest BCUT2D eigenvalue weighted by Gasteiger charge is -2.14. The smallest absolute Gasteiger partial charge is 0.273 e. The van der Waals surface area contributed by atoms with Crippen molar-refractivity contribution in [2.24, 2.45) is 0 Å². The Hall–Kier alpha value is -4.06. The molecule has 2 aromatic heterocycles. The lowest BCUT2D eigenvalue weighted by Crippen LogP contribution is -2.26. The SMILES string of the molecule is Cc1ccc(-n2c(-c3ccccc3F)nc3oc4ccccc4c(=O)c3c2=O)cc1. The van der Waals surface area contributed by atoms with Gasteiger partial charge in [-0.05, 0) is 43.3 Å². The summed E-state index contributed by atoms with van der Waals surface area (Å²) in [7, 11) is 0. The topological polar surface area (TPSA) is 65.1 Å². The van der Waals surface area contributed by atoms with Gasteiger partial charge in [0.1, 0.15) is 11.4 Å². The summed E-state index contributed by atoms with van der Waals surface area (Å²) in [6.45, 7) is 1.92. The molecule has 30 heavy (non-hydrogen) atoms. The van der Waals surface area contributed by atoms with Crippen LogP contribution in [-0.2, 0) is 0 Å². The second-order valence-electron chi connectivity index (χ2n) is 7.00. The molecule has 0 aliphatic carbocycles. The van der Waals surface area contributed by atoms with E-state index in [4.69, 9.17) is 4.42 Å². The fourth-order valence-corrected chi connectivity index (χ4v) is 3.51. The summed E-state index contributed by atoms with van der Waals surface area (Å²) in [5, 5.41) is 0.118. The number of para-hydroxylation sites is 1. The maximum absolute atomic E-state index is 14.7. The Labute approximate surface area is 169 Å². The monoisotopic (exact) mass is 398 g/mol. The van der Waals surface area contributed by atoms with Crippen LogP contribution in [0.1, 0.15) is 5.56 Å². The van der Waals surface area contributed by atoms with E-state index in [1.54, 1.807) is 48.5 Å². The van der Waals surface area contributed by atoms with Crippen LogP contribution in [-0.4, -0.2) is 9.55 Å². The van der Waals surface area contributed by atoms with E-state index in [9.17, 15) is 14.0 Å². The summed E-state index contributed by atoms with van der Waals surface area (Å²) in [4.78, 5) is 31.0. The van der Waals surface area contributed by atoms with Crippen molar-refractivity contribution in [2.75, 3.05) is 0 Å². The number of benzene rings is 3. The van der Waals surface area contributed by atoms with E-state index in [0.29, 0.717) is 11.3 Å². The maximum Gasteiger partial charge on any atom is 0.273 e. The van der Waals surface area contributed by atoms with Gasteiger partial charge in [-0.25, -0.2) is 4.39 Å². The number of aryl methyl sites for hydroxylation is 1. The quantitative estimate of drug-likeness (QED) is 0.408. The highest BCUT2D eigenvalue weighted by atomic mass is 19.1. The first kappa shape index (κ1) is 18.0. The molecule has 2 heterocycles. The van der Waals surface area contributed by atoms with Crippen LogP contribution in [0, 0.1) is 12.7 Å². The Kier molecular flexibility index (Phi) is 4.06. The Morgan fingerprint density at radius 3 is 2.37 bits per heavy atom. The number of nitrogens with zero attached hydrogens (tertiary/aromatic N) is 2. The van der Waals surface area contributed by atoms with Crippen molar-refractivity contribution < 1.29 is 8.81 Å². The van der Waals surface area contributed by atoms with Gasteiger partial charge in [-0.2, -0.15) is 4.98 Å². The van der Waals surface area contributed by atoms with E-state index in [0.717, 1.165) is 5.56 Å². The molecule has 0 saturated carbocycles. The molecule has 5 rings (SSSR count). The zero-order chi connectivity index (χ0) is 20.8. The predicted molar refractivity (Wildman–Crippen MR) is 114 cm³/mol. The molecule has 0 fully saturated rings. The molecule has 0 spiro atoms. The zero-order valence-electron chi connectivity index (χ0n) is 15.9. The van der Waals surface area contributed by atoms with E-state index in [-0.39, 0.29) is 27.9 Å². The molecule has 0 amide bonds. The fourth-order valence-electron chi connectivity index (χ4n) is 3.51. The highest BCUT2D eigenvalue weighted by Crippen LogP contribution is 2.25. The molecule has 6 heteroatoms. The molecule has 0 unspecified atom stereocenters. The first-order valence-electron chi connectivity index (χ1n) is 9.35. The molecule has 0 aliphatic heterocycles. The molecular weight excluding hydrogens is 383 g/mol. The molecule has 0 atom stereocenters. The highest BCUT2D eigenvalue weighted by molar-refractivity contribution is 5.88. The summed E-state index contributed by atoms with van der Waals surface area (Å²) < 4.78 is 21.7. The molecule has 0 radical (unpaired) electrons. The Bertz CT molecular complexity index is 1550. The standard InChI is InChI=1S/C24H15FN2O3/c1-14-10-12-15(13-11-14)27-22(16-6-2-4-8-18(16)25)26-23-20(24(27)29)21(28)17-7-3-5-9-19(17)30-23/h2-13H,1H3. The van der Waals surface area contributed by atoms with E-state index in [1.807, 2.05) is 19.1 Å². The number of rotatable bonds is 2. The minimum atomic E-state index is -0.610. The van der Waals surface area contributed by atoms with Crippen LogP contribution in [0.3, 0.4) is 0 Å². The molecule has 5 aromatic rings. The third-order valence-corrected chi connectivity index (χ3v) is 5.02. The number of hydrogen-bond acceptors (Lipinski definition) is 4. The predicted octanol–water partition coefficient (Wildman–Crippen LogP) is 4.61. The number of fused-ring (bicyclic) bond motifs is 2. The summed E-state index contributed by atoms with van der Waals surface area (Å²) in [6.07, 6.45) is 0. The average molecular weight is 398 g/mol. The van der Waals surface area contributed by atoms with Gasteiger partial charge >= 0.3 is 0 Å². The van der Waals surface area contributed by atoms with Crippen molar-refractivity contribution in [1.29, 1.82) is 0 Å². The maximum atomic E-state index is 14.7. The molecule has 0 aliphatic rings. The van der Waals surface area contributed by atoms with Gasteiger partial charge in [-0.1, -0.05) is 42.0 Å². The van der Waals surface area contributed by atoms with Gasteiger partial charge in [-0.15, -0.1) is 0 Å². The average Bonchev–Trinajstić information content (AvgIpc) is 2.75. The van der Waals surface area contributed by atoms with E-state index in [1.165, 1.54) is 16.7 Å². The van der Waals surface area contributed by atoms with Crippen LogP contribution in [0.2, 0.25) is 0 Å². The van der Waals surface area contributed by atoms with Gasteiger partial charge in [0, 0.05) is 0 Å². The normalized spacial score (nSPS) is 11.3. The number of hydrogen-bond donors (Lipinski definition) is 0. The van der Waals surface area contributed by atoms with Crippen LogP contribution in [0.15, 0.2) is 86.8 Å². The summed E-state index contributed by atoms with van der Waals surface area (Å²) in [6, 6.07) is 19.8. The van der Waals surface area contributed by atoms with Crippen molar-refractivity contribution in [3.8, 4) is 17.1 Å². The largest absolute Gasteiger partial charge is 0.437 e. The number of halogens is 1. The number of aromatic nitrogens is 2. The summed E-state index contributed by atoms with van der Waals surface area (Å²) in [5.41, 5.74) is 0.726. The van der Waals surface area contributed by atoms with Crippen molar-refractivity contribution in [2.45, 2.75) is 6.92 Å². The molecule has 0 N–H and O–H groups in total. The summed E-state index contributed by atoms with van der Waals surface area (Å²) in [5.74, 6) is -0.472. The minimum absolute atomic E-state index is 0.0629.